The van der Waals surface area contributed by atoms with Gasteiger partial charge in [0.1, 0.15) is 0 Å². The monoisotopic (exact) mass is 147 g/mol. The molecule has 0 spiro atoms. The van der Waals surface area contributed by atoms with E-state index in [-0.39, 0.29) is 11.8 Å². The lowest BCUT2D eigenvalue weighted by Crippen LogP contribution is -2.65. The third-order valence-corrected chi connectivity index (χ3v) is 2.94. The van der Waals surface area contributed by atoms with Gasteiger partial charge in [-0.25, -0.2) is 0 Å². The molecule has 1 heterocycles. The number of carbonyl (C=O) groups is 1. The van der Waals surface area contributed by atoms with Crippen molar-refractivity contribution in [2.24, 2.45) is 17.8 Å². The number of hydrogen-bond donors (Lipinski definition) is 1. The van der Waals surface area contributed by atoms with Crippen LogP contribution in [0.1, 0.15) is 0 Å². The van der Waals surface area contributed by atoms with Crippen LogP contribution >= 0.6 is 0 Å². The van der Waals surface area contributed by atoms with Crippen molar-refractivity contribution < 1.29 is 4.79 Å². The maximum Gasteiger partial charge on any atom is 0.226 e. The fourth-order valence-electron chi connectivity index (χ4n) is 2.29. The predicted molar refractivity (Wildman–Crippen MR) is 40.7 cm³/mol. The van der Waals surface area contributed by atoms with Crippen LogP contribution in [0.4, 0.5) is 0 Å². The molecular weight excluding hydrogens is 138 g/mol. The number of nitrogens with one attached hydrogen (secondary N) is 1. The first-order valence-electron chi connectivity index (χ1n) is 4.03. The molecule has 0 aromatic rings. The van der Waals surface area contributed by atoms with Crippen LogP contribution in [-0.4, -0.2) is 11.9 Å². The van der Waals surface area contributed by atoms with Gasteiger partial charge >= 0.3 is 0 Å². The van der Waals surface area contributed by atoms with E-state index in [2.05, 4.69) is 29.6 Å². The van der Waals surface area contributed by atoms with Gasteiger partial charge in [0.2, 0.25) is 5.91 Å². The molecule has 2 atom stereocenters. The lowest BCUT2D eigenvalue weighted by molar-refractivity contribution is -0.138. The Bertz CT molecular complexity index is 265. The van der Waals surface area contributed by atoms with E-state index in [4.69, 9.17) is 0 Å². The third-order valence-electron chi connectivity index (χ3n) is 2.94. The maximum absolute atomic E-state index is 11.1. The Morgan fingerprint density at radius 3 is 2.18 bits per heavy atom. The zero-order valence-corrected chi connectivity index (χ0v) is 6.03. The highest BCUT2D eigenvalue weighted by Crippen LogP contribution is 2.40. The summed E-state index contributed by atoms with van der Waals surface area (Å²) in [6.07, 6.45) is 8.71. The molecule has 0 aromatic carbocycles. The lowest BCUT2D eigenvalue weighted by atomic mass is 9.65. The summed E-state index contributed by atoms with van der Waals surface area (Å²) in [6.45, 7) is 0. The Morgan fingerprint density at radius 2 is 1.73 bits per heavy atom. The van der Waals surface area contributed by atoms with Crippen LogP contribution in [0, 0.1) is 17.8 Å². The second-order valence-electron chi connectivity index (χ2n) is 3.48. The molecular formula is C9H9NO. The molecule has 2 nitrogen and oxygen atoms in total. The predicted octanol–water partition coefficient (Wildman–Crippen LogP) is 0.473. The molecule has 1 N–H and O–H groups in total. The third kappa shape index (κ3) is 0.516. The smallest absolute Gasteiger partial charge is 0.226 e. The molecule has 0 aromatic heterocycles. The Hall–Kier alpha value is -1.05. The van der Waals surface area contributed by atoms with Gasteiger partial charge in [0.25, 0.3) is 0 Å². The molecule has 2 unspecified atom stereocenters. The summed E-state index contributed by atoms with van der Waals surface area (Å²) in [7, 11) is 0. The van der Waals surface area contributed by atoms with Crippen molar-refractivity contribution in [2.75, 3.05) is 0 Å². The van der Waals surface area contributed by atoms with E-state index in [1.54, 1.807) is 0 Å². The van der Waals surface area contributed by atoms with Crippen molar-refractivity contribution >= 4 is 5.91 Å². The molecule has 1 amide bonds. The number of hydrogen-bond acceptors (Lipinski definition) is 1. The van der Waals surface area contributed by atoms with Crippen molar-refractivity contribution in [1.82, 2.24) is 5.32 Å². The summed E-state index contributed by atoms with van der Waals surface area (Å²) in [5.74, 6) is 1.36. The summed E-state index contributed by atoms with van der Waals surface area (Å²) in [4.78, 5) is 11.1. The quantitative estimate of drug-likeness (QED) is 0.391. The molecule has 1 fully saturated rings. The van der Waals surface area contributed by atoms with E-state index in [9.17, 15) is 4.79 Å². The zero-order chi connectivity index (χ0) is 7.42. The molecule has 4 rings (SSSR count). The van der Waals surface area contributed by atoms with Gasteiger partial charge in [0.15, 0.2) is 0 Å². The van der Waals surface area contributed by atoms with Crippen LogP contribution in [0.2, 0.25) is 0 Å². The van der Waals surface area contributed by atoms with Gasteiger partial charge in [-0.3, -0.25) is 4.79 Å². The van der Waals surface area contributed by atoms with Gasteiger partial charge in [-0.15, -0.1) is 0 Å². The fourth-order valence-corrected chi connectivity index (χ4v) is 2.29. The van der Waals surface area contributed by atoms with Crippen LogP contribution in [-0.2, 0) is 4.79 Å². The molecule has 1 aliphatic heterocycles. The van der Waals surface area contributed by atoms with E-state index in [0.29, 0.717) is 17.9 Å². The highest BCUT2D eigenvalue weighted by atomic mass is 16.2. The van der Waals surface area contributed by atoms with Crippen LogP contribution in [0.15, 0.2) is 24.3 Å². The Kier molecular flexibility index (Phi) is 0.799. The molecule has 2 heteroatoms. The minimum atomic E-state index is 0.235. The average Bonchev–Trinajstić information content (AvgIpc) is 2.03. The first-order chi connectivity index (χ1) is 5.36. The van der Waals surface area contributed by atoms with Crippen molar-refractivity contribution in [3.05, 3.63) is 24.3 Å². The molecule has 56 valence electrons. The molecule has 4 aliphatic rings. The normalized spacial score (nSPS) is 50.0. The SMILES string of the molecule is O=C1NC2C3C=CC(C=C3)C12. The van der Waals surface area contributed by atoms with E-state index >= 15 is 0 Å². The van der Waals surface area contributed by atoms with Crippen molar-refractivity contribution in [3.63, 3.8) is 0 Å². The number of rotatable bonds is 0. The van der Waals surface area contributed by atoms with E-state index < -0.39 is 0 Å². The Balaban J connectivity index is 2.06. The first-order valence-corrected chi connectivity index (χ1v) is 4.03. The second-order valence-corrected chi connectivity index (χ2v) is 3.48. The number of carbonyl (C=O) groups excluding carboxylic acids is 1. The minimum Gasteiger partial charge on any atom is -0.351 e. The van der Waals surface area contributed by atoms with Gasteiger partial charge in [0.05, 0.1) is 12.0 Å². The summed E-state index contributed by atoms with van der Waals surface area (Å²) in [5, 5.41) is 2.93. The summed E-state index contributed by atoms with van der Waals surface area (Å²) >= 11 is 0. The highest BCUT2D eigenvalue weighted by molar-refractivity contribution is 5.87. The van der Waals surface area contributed by atoms with Gasteiger partial charge in [-0.2, -0.15) is 0 Å². The number of allylic oxidation sites excluding steroid dienone is 2. The van der Waals surface area contributed by atoms with Gasteiger partial charge < -0.3 is 5.32 Å². The summed E-state index contributed by atoms with van der Waals surface area (Å²) in [6, 6.07) is 0.419. The topological polar surface area (TPSA) is 29.1 Å². The molecule has 11 heavy (non-hydrogen) atoms. The van der Waals surface area contributed by atoms with Crippen molar-refractivity contribution in [3.8, 4) is 0 Å². The van der Waals surface area contributed by atoms with Crippen molar-refractivity contribution in [2.45, 2.75) is 6.04 Å². The number of amides is 1. The summed E-state index contributed by atoms with van der Waals surface area (Å²) < 4.78 is 0. The zero-order valence-electron chi connectivity index (χ0n) is 6.03. The number of β-lactam (4-membered cyclic amide) rings is 1. The van der Waals surface area contributed by atoms with Gasteiger partial charge in [-0.05, 0) is 0 Å². The largest absolute Gasteiger partial charge is 0.351 e. The Labute approximate surface area is 65.0 Å². The maximum atomic E-state index is 11.1. The van der Waals surface area contributed by atoms with Crippen LogP contribution in [0.25, 0.3) is 0 Å². The molecule has 2 bridgehead atoms. The molecule has 0 saturated carbocycles. The van der Waals surface area contributed by atoms with E-state index in [1.807, 2.05) is 0 Å². The molecule has 1 saturated heterocycles. The van der Waals surface area contributed by atoms with E-state index in [1.165, 1.54) is 0 Å². The van der Waals surface area contributed by atoms with E-state index in [0.717, 1.165) is 0 Å². The summed E-state index contributed by atoms with van der Waals surface area (Å²) in [5.41, 5.74) is 0. The van der Waals surface area contributed by atoms with Crippen LogP contribution < -0.4 is 5.32 Å². The fraction of sp³-hybridized carbons (Fsp3) is 0.444. The standard InChI is InChI=1S/C9H9NO/c11-9-7-5-1-3-6(4-2-5)8(7)10-9/h1-8H,(H,10,11). The first kappa shape index (κ1) is 5.58. The van der Waals surface area contributed by atoms with Gasteiger partial charge in [0, 0.05) is 11.8 Å². The van der Waals surface area contributed by atoms with Crippen LogP contribution in [0.5, 0.6) is 0 Å². The average molecular weight is 147 g/mol. The minimum absolute atomic E-state index is 0.235. The van der Waals surface area contributed by atoms with Crippen molar-refractivity contribution in [1.29, 1.82) is 0 Å². The van der Waals surface area contributed by atoms with Gasteiger partial charge in [-0.1, -0.05) is 24.3 Å². The molecule has 3 aliphatic carbocycles. The van der Waals surface area contributed by atoms with Crippen LogP contribution in [0.3, 0.4) is 0 Å². The highest BCUT2D eigenvalue weighted by Gasteiger charge is 2.49. The Morgan fingerprint density at radius 1 is 1.09 bits per heavy atom. The second kappa shape index (κ2) is 1.58. The molecule has 0 radical (unpaired) electrons. The lowest BCUT2D eigenvalue weighted by Gasteiger charge is -2.48.